The highest BCUT2D eigenvalue weighted by Crippen LogP contribution is 2.27. The van der Waals surface area contributed by atoms with E-state index < -0.39 is 0 Å². The van der Waals surface area contributed by atoms with E-state index in [0.717, 1.165) is 35.0 Å². The minimum atomic E-state index is -0.234. The molecule has 1 aliphatic heterocycles. The maximum absolute atomic E-state index is 13.3. The van der Waals surface area contributed by atoms with Crippen molar-refractivity contribution >= 4 is 38.5 Å². The zero-order valence-corrected chi connectivity index (χ0v) is 12.9. The van der Waals surface area contributed by atoms with Gasteiger partial charge in [-0.15, -0.1) is 0 Å². The van der Waals surface area contributed by atoms with Crippen LogP contribution in [0.2, 0.25) is 0 Å². The van der Waals surface area contributed by atoms with Gasteiger partial charge >= 0.3 is 0 Å². The van der Waals surface area contributed by atoms with Crippen LogP contribution in [0, 0.1) is 12.7 Å². The van der Waals surface area contributed by atoms with Gasteiger partial charge in [-0.1, -0.05) is 18.7 Å². The van der Waals surface area contributed by atoms with Gasteiger partial charge in [0.2, 0.25) is 0 Å². The fraction of sp³-hybridized carbons (Fsp3) is 0.462. The van der Waals surface area contributed by atoms with Gasteiger partial charge in [-0.2, -0.15) is 0 Å². The lowest BCUT2D eigenvalue weighted by molar-refractivity contribution is 0.620. The number of aliphatic imine (C=N–C) groups is 1. The Morgan fingerprint density at radius 3 is 3.06 bits per heavy atom. The summed E-state index contributed by atoms with van der Waals surface area (Å²) in [6.07, 6.45) is 2.20. The molecule has 0 spiro atoms. The largest absolute Gasteiger partial charge is 0.335 e. The Hall–Kier alpha value is -0.550. The Bertz CT molecular complexity index is 476. The lowest BCUT2D eigenvalue weighted by Crippen LogP contribution is -2.20. The van der Waals surface area contributed by atoms with E-state index >= 15 is 0 Å². The van der Waals surface area contributed by atoms with Crippen LogP contribution in [0.15, 0.2) is 21.6 Å². The third kappa shape index (κ3) is 3.26. The van der Waals surface area contributed by atoms with Gasteiger partial charge in [-0.05, 0) is 53.4 Å². The van der Waals surface area contributed by atoms with Crippen molar-refractivity contribution in [2.24, 2.45) is 4.99 Å². The molecule has 1 aliphatic rings. The summed E-state index contributed by atoms with van der Waals surface area (Å²) >= 11 is 4.93. The first kappa shape index (κ1) is 13.9. The molecule has 0 aliphatic carbocycles. The Morgan fingerprint density at radius 2 is 2.33 bits per heavy atom. The Balaban J connectivity index is 2.19. The van der Waals surface area contributed by atoms with E-state index in [1.807, 2.05) is 6.92 Å². The first-order valence-corrected chi connectivity index (χ1v) is 7.81. The number of anilines is 1. The number of nitrogens with one attached hydrogen (secondary N) is 1. The highest BCUT2D eigenvalue weighted by atomic mass is 79.9. The van der Waals surface area contributed by atoms with Gasteiger partial charge in [0.1, 0.15) is 5.82 Å². The summed E-state index contributed by atoms with van der Waals surface area (Å²) in [7, 11) is 0. The molecule has 0 saturated carbocycles. The first-order valence-electron chi connectivity index (χ1n) is 6.03. The van der Waals surface area contributed by atoms with E-state index in [4.69, 9.17) is 0 Å². The van der Waals surface area contributed by atoms with Crippen molar-refractivity contribution < 1.29 is 4.39 Å². The van der Waals surface area contributed by atoms with Crippen molar-refractivity contribution in [3.8, 4) is 0 Å². The summed E-state index contributed by atoms with van der Waals surface area (Å²) in [6.45, 7) is 4.05. The number of rotatable bonds is 2. The van der Waals surface area contributed by atoms with Gasteiger partial charge in [0.15, 0.2) is 5.17 Å². The van der Waals surface area contributed by atoms with E-state index in [2.05, 4.69) is 33.2 Å². The van der Waals surface area contributed by atoms with Crippen molar-refractivity contribution in [2.75, 3.05) is 11.1 Å². The van der Waals surface area contributed by atoms with Gasteiger partial charge in [0.05, 0.1) is 10.5 Å². The molecule has 2 rings (SSSR count). The number of hydrogen-bond donors (Lipinski definition) is 1. The van der Waals surface area contributed by atoms with E-state index in [1.54, 1.807) is 17.8 Å². The number of benzene rings is 1. The molecule has 0 bridgehead atoms. The normalized spacial score (nSPS) is 19.6. The number of hydrogen-bond acceptors (Lipinski definition) is 3. The standard InChI is InChI=1S/C13H16BrFN2S/c1-3-9-4-5-18-13(16-9)17-12-7-10(14)11(15)6-8(12)2/h6-7,9H,3-5H2,1-2H3,(H,16,17). The average Bonchev–Trinajstić information content (AvgIpc) is 2.36. The van der Waals surface area contributed by atoms with Crippen molar-refractivity contribution in [3.63, 3.8) is 0 Å². The number of thioether (sulfide) groups is 1. The average molecular weight is 331 g/mol. The van der Waals surface area contributed by atoms with Crippen LogP contribution in [-0.2, 0) is 0 Å². The molecule has 5 heteroatoms. The quantitative estimate of drug-likeness (QED) is 0.858. The Morgan fingerprint density at radius 1 is 1.56 bits per heavy atom. The summed E-state index contributed by atoms with van der Waals surface area (Å²) in [5, 5.41) is 4.24. The smallest absolute Gasteiger partial charge is 0.161 e. The second kappa shape index (κ2) is 6.06. The number of aryl methyl sites for hydroxylation is 1. The number of halogens is 2. The maximum atomic E-state index is 13.3. The van der Waals surface area contributed by atoms with Gasteiger partial charge < -0.3 is 5.32 Å². The molecule has 0 radical (unpaired) electrons. The predicted molar refractivity (Wildman–Crippen MR) is 81.0 cm³/mol. The lowest BCUT2D eigenvalue weighted by Gasteiger charge is -2.20. The summed E-state index contributed by atoms with van der Waals surface area (Å²) in [4.78, 5) is 4.65. The molecule has 1 aromatic rings. The van der Waals surface area contributed by atoms with Crippen LogP contribution in [0.1, 0.15) is 25.3 Å². The van der Waals surface area contributed by atoms with Crippen LogP contribution >= 0.6 is 27.7 Å². The second-order valence-corrected chi connectivity index (χ2v) is 6.28. The van der Waals surface area contributed by atoms with Gasteiger partial charge in [0.25, 0.3) is 0 Å². The molecule has 1 unspecified atom stereocenters. The van der Waals surface area contributed by atoms with Gasteiger partial charge in [-0.25, -0.2) is 4.39 Å². The molecule has 0 amide bonds. The minimum Gasteiger partial charge on any atom is -0.335 e. The third-order valence-corrected chi connectivity index (χ3v) is 4.50. The zero-order chi connectivity index (χ0) is 13.1. The lowest BCUT2D eigenvalue weighted by atomic mass is 10.2. The summed E-state index contributed by atoms with van der Waals surface area (Å²) in [6, 6.07) is 3.71. The van der Waals surface area contributed by atoms with Crippen molar-refractivity contribution in [1.82, 2.24) is 0 Å². The number of nitrogens with zero attached hydrogens (tertiary/aromatic N) is 1. The fourth-order valence-electron chi connectivity index (χ4n) is 1.82. The van der Waals surface area contributed by atoms with Crippen LogP contribution < -0.4 is 5.32 Å². The molecular formula is C13H16BrFN2S. The van der Waals surface area contributed by atoms with E-state index in [0.29, 0.717) is 10.5 Å². The summed E-state index contributed by atoms with van der Waals surface area (Å²) < 4.78 is 13.8. The van der Waals surface area contributed by atoms with Gasteiger partial charge in [-0.3, -0.25) is 4.99 Å². The summed E-state index contributed by atoms with van der Waals surface area (Å²) in [5.41, 5.74) is 1.80. The molecule has 0 aromatic heterocycles. The molecular weight excluding hydrogens is 315 g/mol. The molecule has 98 valence electrons. The molecule has 0 saturated heterocycles. The predicted octanol–water partition coefficient (Wildman–Crippen LogP) is 4.58. The number of amidine groups is 1. The molecule has 0 fully saturated rings. The topological polar surface area (TPSA) is 24.4 Å². The maximum Gasteiger partial charge on any atom is 0.161 e. The van der Waals surface area contributed by atoms with Crippen molar-refractivity contribution in [3.05, 3.63) is 28.0 Å². The third-order valence-electron chi connectivity index (χ3n) is 2.97. The van der Waals surface area contributed by atoms with E-state index in [-0.39, 0.29) is 5.82 Å². The van der Waals surface area contributed by atoms with Crippen LogP contribution in [0.5, 0.6) is 0 Å². The molecule has 1 heterocycles. The van der Waals surface area contributed by atoms with E-state index in [9.17, 15) is 4.39 Å². The van der Waals surface area contributed by atoms with E-state index in [1.165, 1.54) is 6.07 Å². The Labute approximate surface area is 120 Å². The Kier molecular flexibility index (Phi) is 4.67. The molecule has 18 heavy (non-hydrogen) atoms. The van der Waals surface area contributed by atoms with Gasteiger partial charge in [0, 0.05) is 11.4 Å². The minimum absolute atomic E-state index is 0.234. The molecule has 1 aromatic carbocycles. The fourth-order valence-corrected chi connectivity index (χ4v) is 3.15. The van der Waals surface area contributed by atoms with Crippen LogP contribution in [-0.4, -0.2) is 17.0 Å². The van der Waals surface area contributed by atoms with Crippen LogP contribution in [0.4, 0.5) is 10.1 Å². The highest BCUT2D eigenvalue weighted by Gasteiger charge is 2.15. The molecule has 1 atom stereocenters. The van der Waals surface area contributed by atoms with Crippen LogP contribution in [0.3, 0.4) is 0 Å². The highest BCUT2D eigenvalue weighted by molar-refractivity contribution is 9.10. The second-order valence-electron chi connectivity index (χ2n) is 4.34. The van der Waals surface area contributed by atoms with Crippen molar-refractivity contribution in [1.29, 1.82) is 0 Å². The first-order chi connectivity index (χ1) is 8.60. The monoisotopic (exact) mass is 330 g/mol. The van der Waals surface area contributed by atoms with Crippen LogP contribution in [0.25, 0.3) is 0 Å². The molecule has 1 N–H and O–H groups in total. The zero-order valence-electron chi connectivity index (χ0n) is 10.5. The molecule has 2 nitrogen and oxygen atoms in total. The summed E-state index contributed by atoms with van der Waals surface area (Å²) in [5.74, 6) is 0.855. The van der Waals surface area contributed by atoms with Crippen molar-refractivity contribution in [2.45, 2.75) is 32.7 Å². The SMILES string of the molecule is CCC1CCSC(Nc2cc(Br)c(F)cc2C)=N1.